The van der Waals surface area contributed by atoms with E-state index in [1.165, 1.54) is 42.4 Å². The Morgan fingerprint density at radius 1 is 0.879 bits per heavy atom. The summed E-state index contributed by atoms with van der Waals surface area (Å²) in [5, 5.41) is 1.14. The van der Waals surface area contributed by atoms with Crippen molar-refractivity contribution in [1.82, 2.24) is 14.8 Å². The molecule has 2 aromatic carbocycles. The van der Waals surface area contributed by atoms with Gasteiger partial charge in [0.25, 0.3) is 5.91 Å². The van der Waals surface area contributed by atoms with Crippen molar-refractivity contribution in [1.29, 1.82) is 0 Å². The number of thiazole rings is 1. The standard InChI is InChI=1S/C27H32N4OS/c32-26(22-12-10-21(11-13-22)20-6-2-1-3-7-20)31-18-23(19-31)29-14-16-30(17-15-29)27-28-24-8-4-5-9-25(24)33-27/h4-5,8-13,20,23H,1-3,6-7,14-19H2. The summed E-state index contributed by atoms with van der Waals surface area (Å²) >= 11 is 1.79. The molecule has 2 aliphatic heterocycles. The van der Waals surface area contributed by atoms with E-state index in [-0.39, 0.29) is 5.91 Å². The Bertz CT molecular complexity index is 1070. The molecular formula is C27H32N4OS. The number of para-hydroxylation sites is 1. The SMILES string of the molecule is O=C(c1ccc(C2CCCCC2)cc1)N1CC(N2CCN(c3nc4ccccc4s3)CC2)C1. The fourth-order valence-electron chi connectivity index (χ4n) is 5.64. The molecule has 3 fully saturated rings. The maximum Gasteiger partial charge on any atom is 0.253 e. The Labute approximate surface area is 200 Å². The van der Waals surface area contributed by atoms with Crippen LogP contribution in [0, 0.1) is 0 Å². The van der Waals surface area contributed by atoms with E-state index in [0.29, 0.717) is 12.0 Å². The van der Waals surface area contributed by atoms with Crippen molar-refractivity contribution in [2.45, 2.75) is 44.1 Å². The minimum Gasteiger partial charge on any atom is -0.345 e. The Hall–Kier alpha value is -2.44. The fraction of sp³-hybridized carbons (Fsp3) is 0.481. The lowest BCUT2D eigenvalue weighted by molar-refractivity contribution is 0.0247. The Balaban J connectivity index is 1.000. The zero-order chi connectivity index (χ0) is 22.2. The van der Waals surface area contributed by atoms with Gasteiger partial charge in [0, 0.05) is 50.9 Å². The summed E-state index contributed by atoms with van der Waals surface area (Å²) in [6.07, 6.45) is 6.66. The maximum atomic E-state index is 13.0. The minimum atomic E-state index is 0.189. The number of fused-ring (bicyclic) bond motifs is 1. The fourth-order valence-corrected chi connectivity index (χ4v) is 6.66. The highest BCUT2D eigenvalue weighted by Gasteiger charge is 2.36. The number of aromatic nitrogens is 1. The summed E-state index contributed by atoms with van der Waals surface area (Å²) in [7, 11) is 0. The number of carbonyl (C=O) groups excluding carboxylic acids is 1. The first-order valence-electron chi connectivity index (χ1n) is 12.5. The average Bonchev–Trinajstić information content (AvgIpc) is 3.29. The van der Waals surface area contributed by atoms with Gasteiger partial charge in [-0.3, -0.25) is 9.69 Å². The highest BCUT2D eigenvalue weighted by molar-refractivity contribution is 7.22. The first-order chi connectivity index (χ1) is 16.2. The molecule has 0 unspecified atom stereocenters. The van der Waals surface area contributed by atoms with Crippen molar-refractivity contribution in [2.24, 2.45) is 0 Å². The number of piperazine rings is 1. The first kappa shape index (κ1) is 21.1. The van der Waals surface area contributed by atoms with Crippen LogP contribution in [0.3, 0.4) is 0 Å². The van der Waals surface area contributed by atoms with Gasteiger partial charge in [-0.05, 0) is 48.6 Å². The van der Waals surface area contributed by atoms with Crippen LogP contribution in [0.25, 0.3) is 10.2 Å². The van der Waals surface area contributed by atoms with Crippen molar-refractivity contribution in [2.75, 3.05) is 44.2 Å². The second kappa shape index (κ2) is 9.07. The molecule has 5 nitrogen and oxygen atoms in total. The van der Waals surface area contributed by atoms with E-state index in [0.717, 1.165) is 55.5 Å². The van der Waals surface area contributed by atoms with Gasteiger partial charge >= 0.3 is 0 Å². The van der Waals surface area contributed by atoms with Gasteiger partial charge in [0.1, 0.15) is 0 Å². The molecule has 0 spiro atoms. The van der Waals surface area contributed by atoms with Crippen LogP contribution in [-0.4, -0.2) is 66.0 Å². The summed E-state index contributed by atoms with van der Waals surface area (Å²) in [5.74, 6) is 0.882. The van der Waals surface area contributed by atoms with Crippen LogP contribution in [0.5, 0.6) is 0 Å². The van der Waals surface area contributed by atoms with Gasteiger partial charge in [0.2, 0.25) is 0 Å². The number of benzene rings is 2. The van der Waals surface area contributed by atoms with Crippen molar-refractivity contribution in [3.63, 3.8) is 0 Å². The number of rotatable bonds is 4. The average molecular weight is 461 g/mol. The molecule has 172 valence electrons. The molecule has 1 saturated carbocycles. The van der Waals surface area contributed by atoms with Crippen molar-refractivity contribution in [3.05, 3.63) is 59.7 Å². The van der Waals surface area contributed by atoms with E-state index < -0.39 is 0 Å². The predicted octanol–water partition coefficient (Wildman–Crippen LogP) is 4.99. The van der Waals surface area contributed by atoms with Gasteiger partial charge in [-0.15, -0.1) is 0 Å². The van der Waals surface area contributed by atoms with E-state index in [9.17, 15) is 4.79 Å². The largest absolute Gasteiger partial charge is 0.345 e. The monoisotopic (exact) mass is 460 g/mol. The van der Waals surface area contributed by atoms with Gasteiger partial charge in [-0.2, -0.15) is 0 Å². The molecule has 0 N–H and O–H groups in total. The Morgan fingerprint density at radius 3 is 2.33 bits per heavy atom. The number of nitrogens with zero attached hydrogens (tertiary/aromatic N) is 4. The molecule has 0 bridgehead atoms. The molecule has 3 aliphatic rings. The van der Waals surface area contributed by atoms with Crippen LogP contribution in [0.4, 0.5) is 5.13 Å². The zero-order valence-corrected chi connectivity index (χ0v) is 20.0. The quantitative estimate of drug-likeness (QED) is 0.550. The molecule has 0 radical (unpaired) electrons. The topological polar surface area (TPSA) is 39.7 Å². The number of likely N-dealkylation sites (tertiary alicyclic amines) is 1. The third-order valence-corrected chi connectivity index (χ3v) is 8.86. The lowest BCUT2D eigenvalue weighted by Gasteiger charge is -2.48. The third kappa shape index (κ3) is 4.26. The number of hydrogen-bond acceptors (Lipinski definition) is 5. The lowest BCUT2D eigenvalue weighted by Crippen LogP contribution is -2.64. The van der Waals surface area contributed by atoms with E-state index in [1.54, 1.807) is 11.3 Å². The van der Waals surface area contributed by atoms with E-state index in [4.69, 9.17) is 4.98 Å². The molecule has 0 atom stereocenters. The van der Waals surface area contributed by atoms with Crippen LogP contribution in [0.15, 0.2) is 48.5 Å². The van der Waals surface area contributed by atoms with Gasteiger partial charge in [-0.25, -0.2) is 4.98 Å². The summed E-state index contributed by atoms with van der Waals surface area (Å²) < 4.78 is 1.26. The third-order valence-electron chi connectivity index (χ3n) is 7.77. The zero-order valence-electron chi connectivity index (χ0n) is 19.2. The number of amides is 1. The molecule has 2 saturated heterocycles. The Morgan fingerprint density at radius 2 is 1.61 bits per heavy atom. The Kier molecular flexibility index (Phi) is 5.80. The van der Waals surface area contributed by atoms with Crippen molar-refractivity contribution in [3.8, 4) is 0 Å². The van der Waals surface area contributed by atoms with Gasteiger partial charge in [0.05, 0.1) is 10.2 Å². The molecule has 1 aliphatic carbocycles. The smallest absolute Gasteiger partial charge is 0.253 e. The molecule has 6 heteroatoms. The highest BCUT2D eigenvalue weighted by atomic mass is 32.1. The normalized spacial score (nSPS) is 20.8. The van der Waals surface area contributed by atoms with Crippen molar-refractivity contribution < 1.29 is 4.79 Å². The molecule has 33 heavy (non-hydrogen) atoms. The molecular weight excluding hydrogens is 428 g/mol. The predicted molar refractivity (Wildman–Crippen MR) is 135 cm³/mol. The molecule has 3 aromatic rings. The summed E-state index contributed by atoms with van der Waals surface area (Å²) in [5.41, 5.74) is 3.35. The van der Waals surface area contributed by atoms with E-state index in [1.807, 2.05) is 4.90 Å². The van der Waals surface area contributed by atoms with Gasteiger partial charge in [-0.1, -0.05) is 54.9 Å². The summed E-state index contributed by atoms with van der Waals surface area (Å²) in [6.45, 7) is 5.80. The second-order valence-corrected chi connectivity index (χ2v) is 10.8. The molecule has 1 aromatic heterocycles. The number of hydrogen-bond donors (Lipinski definition) is 0. The molecule has 1 amide bonds. The molecule has 6 rings (SSSR count). The second-order valence-electron chi connectivity index (χ2n) is 9.81. The number of anilines is 1. The first-order valence-corrected chi connectivity index (χ1v) is 13.3. The van der Waals surface area contributed by atoms with Crippen LogP contribution < -0.4 is 4.90 Å². The summed E-state index contributed by atoms with van der Waals surface area (Å²) in [4.78, 5) is 24.8. The minimum absolute atomic E-state index is 0.189. The van der Waals surface area contributed by atoms with Crippen LogP contribution in [0.1, 0.15) is 53.9 Å². The van der Waals surface area contributed by atoms with Crippen molar-refractivity contribution >= 4 is 32.6 Å². The van der Waals surface area contributed by atoms with Gasteiger partial charge in [0.15, 0.2) is 5.13 Å². The lowest BCUT2D eigenvalue weighted by atomic mass is 9.84. The highest BCUT2D eigenvalue weighted by Crippen LogP contribution is 2.33. The number of carbonyl (C=O) groups is 1. The molecule has 3 heterocycles. The van der Waals surface area contributed by atoms with E-state index in [2.05, 4.69) is 58.3 Å². The van der Waals surface area contributed by atoms with Gasteiger partial charge < -0.3 is 9.80 Å². The van der Waals surface area contributed by atoms with Crippen LogP contribution in [-0.2, 0) is 0 Å². The van der Waals surface area contributed by atoms with E-state index >= 15 is 0 Å². The maximum absolute atomic E-state index is 13.0. The van der Waals surface area contributed by atoms with Crippen LogP contribution in [0.2, 0.25) is 0 Å². The summed E-state index contributed by atoms with van der Waals surface area (Å²) in [6, 6.07) is 17.4. The van der Waals surface area contributed by atoms with Crippen LogP contribution >= 0.6 is 11.3 Å².